The maximum absolute atomic E-state index is 12.3. The van der Waals surface area contributed by atoms with Gasteiger partial charge in [-0.2, -0.15) is 0 Å². The predicted molar refractivity (Wildman–Crippen MR) is 89.5 cm³/mol. The van der Waals surface area contributed by atoms with E-state index in [2.05, 4.69) is 17.3 Å². The molecule has 1 saturated carbocycles. The zero-order valence-electron chi connectivity index (χ0n) is 14.3. The maximum atomic E-state index is 12.3. The largest absolute Gasteiger partial charge is 0.468 e. The van der Waals surface area contributed by atoms with Crippen molar-refractivity contribution >= 4 is 6.03 Å². The molecule has 24 heavy (non-hydrogen) atoms. The van der Waals surface area contributed by atoms with Crippen molar-refractivity contribution in [2.24, 2.45) is 11.8 Å². The fourth-order valence-corrected chi connectivity index (χ4v) is 3.94. The third-order valence-electron chi connectivity index (χ3n) is 5.50. The summed E-state index contributed by atoms with van der Waals surface area (Å²) in [5.41, 5.74) is 0. The number of fused-ring (bicyclic) bond motifs is 1. The van der Waals surface area contributed by atoms with Crippen LogP contribution >= 0.6 is 0 Å². The number of likely N-dealkylation sites (tertiary alicyclic amines) is 1. The first-order valence-electron chi connectivity index (χ1n) is 9.07. The van der Waals surface area contributed by atoms with Crippen LogP contribution in [0, 0.1) is 11.8 Å². The van der Waals surface area contributed by atoms with Gasteiger partial charge in [0.15, 0.2) is 0 Å². The molecule has 2 amide bonds. The van der Waals surface area contributed by atoms with Crippen LogP contribution in [-0.4, -0.2) is 61.3 Å². The van der Waals surface area contributed by atoms with E-state index in [1.807, 2.05) is 17.0 Å². The van der Waals surface area contributed by atoms with Gasteiger partial charge in [0.2, 0.25) is 0 Å². The van der Waals surface area contributed by atoms with Crippen LogP contribution in [0.4, 0.5) is 4.79 Å². The highest BCUT2D eigenvalue weighted by molar-refractivity contribution is 5.75. The summed E-state index contributed by atoms with van der Waals surface area (Å²) in [6.45, 7) is 4.18. The second-order valence-electron chi connectivity index (χ2n) is 7.53. The Kier molecular flexibility index (Phi) is 4.50. The molecular weight excluding hydrogens is 306 g/mol. The lowest BCUT2D eigenvalue weighted by Gasteiger charge is -2.36. The molecule has 0 spiro atoms. The molecule has 132 valence electrons. The van der Waals surface area contributed by atoms with E-state index < -0.39 is 0 Å². The molecule has 6 heteroatoms. The van der Waals surface area contributed by atoms with E-state index in [0.717, 1.165) is 57.8 Å². The average Bonchev–Trinajstić information content (AvgIpc) is 3.07. The SMILES string of the molecule is CN(Cc1ccco1)CC1OC[C@@H]2CCN(C(=O)NC3CC3)C[C@H]12. The number of nitrogens with zero attached hydrogens (tertiary/aromatic N) is 2. The Morgan fingerprint density at radius 2 is 2.29 bits per heavy atom. The number of furan rings is 1. The van der Waals surface area contributed by atoms with Crippen molar-refractivity contribution < 1.29 is 13.9 Å². The first-order valence-corrected chi connectivity index (χ1v) is 9.07. The Morgan fingerprint density at radius 3 is 3.04 bits per heavy atom. The summed E-state index contributed by atoms with van der Waals surface area (Å²) in [6.07, 6.45) is 5.24. The molecule has 4 rings (SSSR count). The van der Waals surface area contributed by atoms with Crippen molar-refractivity contribution in [3.63, 3.8) is 0 Å². The van der Waals surface area contributed by atoms with E-state index in [-0.39, 0.29) is 12.1 Å². The van der Waals surface area contributed by atoms with E-state index in [0.29, 0.717) is 17.9 Å². The fraction of sp³-hybridized carbons (Fsp3) is 0.722. The van der Waals surface area contributed by atoms with E-state index in [9.17, 15) is 4.79 Å². The molecule has 1 aromatic rings. The summed E-state index contributed by atoms with van der Waals surface area (Å²) in [5, 5.41) is 3.11. The van der Waals surface area contributed by atoms with Crippen LogP contribution < -0.4 is 5.32 Å². The molecule has 1 unspecified atom stereocenters. The third-order valence-corrected chi connectivity index (χ3v) is 5.50. The first-order chi connectivity index (χ1) is 11.7. The molecule has 3 atom stereocenters. The van der Waals surface area contributed by atoms with E-state index >= 15 is 0 Å². The highest BCUT2D eigenvalue weighted by Crippen LogP contribution is 2.35. The van der Waals surface area contributed by atoms with E-state index in [4.69, 9.17) is 9.15 Å². The normalized spacial score (nSPS) is 29.8. The number of ether oxygens (including phenoxy) is 1. The molecule has 0 radical (unpaired) electrons. The summed E-state index contributed by atoms with van der Waals surface area (Å²) in [5.74, 6) is 2.01. The van der Waals surface area contributed by atoms with Gasteiger partial charge in [-0.25, -0.2) is 4.79 Å². The maximum Gasteiger partial charge on any atom is 0.317 e. The zero-order valence-corrected chi connectivity index (χ0v) is 14.3. The van der Waals surface area contributed by atoms with E-state index in [1.54, 1.807) is 6.26 Å². The highest BCUT2D eigenvalue weighted by Gasteiger charge is 2.42. The molecule has 0 bridgehead atoms. The monoisotopic (exact) mass is 333 g/mol. The van der Waals surface area contributed by atoms with Gasteiger partial charge in [-0.1, -0.05) is 0 Å². The molecule has 1 aliphatic carbocycles. The number of amides is 2. The highest BCUT2D eigenvalue weighted by atomic mass is 16.5. The second-order valence-corrected chi connectivity index (χ2v) is 7.53. The molecule has 1 aromatic heterocycles. The van der Waals surface area contributed by atoms with Gasteiger partial charge < -0.3 is 19.4 Å². The Morgan fingerprint density at radius 1 is 1.42 bits per heavy atom. The number of carbonyl (C=O) groups is 1. The summed E-state index contributed by atoms with van der Waals surface area (Å²) >= 11 is 0. The summed E-state index contributed by atoms with van der Waals surface area (Å²) < 4.78 is 11.5. The van der Waals surface area contributed by atoms with Crippen molar-refractivity contribution in [3.05, 3.63) is 24.2 Å². The van der Waals surface area contributed by atoms with Crippen molar-refractivity contribution in [2.45, 2.75) is 38.0 Å². The number of piperidine rings is 1. The van der Waals surface area contributed by atoms with Crippen molar-refractivity contribution in [1.82, 2.24) is 15.1 Å². The average molecular weight is 333 g/mol. The first kappa shape index (κ1) is 16.0. The van der Waals surface area contributed by atoms with Gasteiger partial charge in [-0.3, -0.25) is 4.90 Å². The Bertz CT molecular complexity index is 558. The Hall–Kier alpha value is -1.53. The predicted octanol–water partition coefficient (Wildman–Crippen LogP) is 1.92. The van der Waals surface area contributed by atoms with Gasteiger partial charge in [0, 0.05) is 31.6 Å². The summed E-state index contributed by atoms with van der Waals surface area (Å²) in [4.78, 5) is 16.6. The van der Waals surface area contributed by atoms with Gasteiger partial charge in [-0.05, 0) is 44.4 Å². The van der Waals surface area contributed by atoms with Crippen molar-refractivity contribution in [3.8, 4) is 0 Å². The van der Waals surface area contributed by atoms with Crippen LogP contribution in [0.3, 0.4) is 0 Å². The Labute approximate surface area is 143 Å². The number of hydrogen-bond donors (Lipinski definition) is 1. The van der Waals surface area contributed by atoms with Crippen LogP contribution in [0.5, 0.6) is 0 Å². The number of urea groups is 1. The number of likely N-dealkylation sites (N-methyl/N-ethyl adjacent to an activating group) is 1. The lowest BCUT2D eigenvalue weighted by Crippen LogP contribution is -2.50. The lowest BCUT2D eigenvalue weighted by molar-refractivity contribution is 0.0510. The van der Waals surface area contributed by atoms with Crippen LogP contribution in [0.1, 0.15) is 25.0 Å². The molecule has 2 aliphatic heterocycles. The third kappa shape index (κ3) is 3.59. The molecule has 3 heterocycles. The van der Waals surface area contributed by atoms with Crippen molar-refractivity contribution in [2.75, 3.05) is 33.3 Å². The van der Waals surface area contributed by atoms with Crippen LogP contribution in [0.2, 0.25) is 0 Å². The number of rotatable bonds is 5. The molecule has 3 fully saturated rings. The summed E-state index contributed by atoms with van der Waals surface area (Å²) in [7, 11) is 2.10. The molecular formula is C18H27N3O3. The number of carbonyl (C=O) groups excluding carboxylic acids is 1. The van der Waals surface area contributed by atoms with Crippen LogP contribution in [-0.2, 0) is 11.3 Å². The van der Waals surface area contributed by atoms with Gasteiger partial charge in [0.1, 0.15) is 5.76 Å². The topological polar surface area (TPSA) is 58.0 Å². The Balaban J connectivity index is 1.32. The number of nitrogens with one attached hydrogen (secondary N) is 1. The van der Waals surface area contributed by atoms with Gasteiger partial charge in [-0.15, -0.1) is 0 Å². The molecule has 2 saturated heterocycles. The quantitative estimate of drug-likeness (QED) is 0.894. The van der Waals surface area contributed by atoms with Crippen LogP contribution in [0.15, 0.2) is 22.8 Å². The smallest absolute Gasteiger partial charge is 0.317 e. The van der Waals surface area contributed by atoms with Gasteiger partial charge in [0.05, 0.1) is 25.5 Å². The van der Waals surface area contributed by atoms with Crippen LogP contribution in [0.25, 0.3) is 0 Å². The molecule has 1 N–H and O–H groups in total. The van der Waals surface area contributed by atoms with Gasteiger partial charge in [0.25, 0.3) is 0 Å². The molecule has 3 aliphatic rings. The minimum atomic E-state index is 0.116. The standard InChI is InChI=1S/C18H27N3O3/c1-20(9-15-3-2-8-23-15)11-17-16-10-21(7-6-13(16)12-24-17)18(22)19-14-4-5-14/h2-3,8,13-14,16-17H,4-7,9-12H2,1H3,(H,19,22)/t13-,16-,17?/m0/s1. The van der Waals surface area contributed by atoms with Gasteiger partial charge >= 0.3 is 6.03 Å². The second kappa shape index (κ2) is 6.76. The lowest BCUT2D eigenvalue weighted by atomic mass is 9.84. The fourth-order valence-electron chi connectivity index (χ4n) is 3.94. The molecule has 6 nitrogen and oxygen atoms in total. The minimum Gasteiger partial charge on any atom is -0.468 e. The van der Waals surface area contributed by atoms with Crippen molar-refractivity contribution in [1.29, 1.82) is 0 Å². The number of hydrogen-bond acceptors (Lipinski definition) is 4. The summed E-state index contributed by atoms with van der Waals surface area (Å²) in [6, 6.07) is 4.46. The molecule has 0 aromatic carbocycles. The zero-order chi connectivity index (χ0) is 16.5. The van der Waals surface area contributed by atoms with E-state index in [1.165, 1.54) is 0 Å². The minimum absolute atomic E-state index is 0.116.